The first-order valence-electron chi connectivity index (χ1n) is 5.64. The topological polar surface area (TPSA) is 32.3 Å². The van der Waals surface area contributed by atoms with Crippen molar-refractivity contribution in [2.75, 3.05) is 18.6 Å². The van der Waals surface area contributed by atoms with E-state index in [9.17, 15) is 0 Å². The predicted octanol–water partition coefficient (Wildman–Crippen LogP) is 2.27. The van der Waals surface area contributed by atoms with Crippen LogP contribution in [0.25, 0.3) is 0 Å². The zero-order valence-corrected chi connectivity index (χ0v) is 10.6. The van der Waals surface area contributed by atoms with Crippen LogP contribution in [-0.4, -0.2) is 35.8 Å². The third-order valence-corrected chi connectivity index (χ3v) is 3.18. The molecule has 2 N–H and O–H groups in total. The predicted molar refractivity (Wildman–Crippen MR) is 66.0 cm³/mol. The van der Waals surface area contributed by atoms with Crippen LogP contribution in [0.1, 0.15) is 39.5 Å². The van der Waals surface area contributed by atoms with Gasteiger partial charge in [-0.3, -0.25) is 0 Å². The van der Waals surface area contributed by atoms with Crippen LogP contribution in [0.4, 0.5) is 0 Å². The van der Waals surface area contributed by atoms with Crippen molar-refractivity contribution in [1.29, 1.82) is 0 Å². The molecular formula is C11H25NOS. The summed E-state index contributed by atoms with van der Waals surface area (Å²) < 4.78 is 0. The minimum atomic E-state index is 0.292. The Kier molecular flexibility index (Phi) is 10.0. The summed E-state index contributed by atoms with van der Waals surface area (Å²) in [4.78, 5) is 0. The summed E-state index contributed by atoms with van der Waals surface area (Å²) in [5.41, 5.74) is 0. The third-order valence-electron chi connectivity index (χ3n) is 2.45. The van der Waals surface area contributed by atoms with E-state index >= 15 is 0 Å². The molecule has 2 unspecified atom stereocenters. The third kappa shape index (κ3) is 6.68. The molecular weight excluding hydrogens is 194 g/mol. The fourth-order valence-electron chi connectivity index (χ4n) is 1.66. The number of thioether (sulfide) groups is 1. The molecule has 14 heavy (non-hydrogen) atoms. The van der Waals surface area contributed by atoms with E-state index in [1.165, 1.54) is 19.3 Å². The summed E-state index contributed by atoms with van der Waals surface area (Å²) in [7, 11) is 0. The van der Waals surface area contributed by atoms with E-state index in [1.807, 2.05) is 11.8 Å². The van der Waals surface area contributed by atoms with Gasteiger partial charge in [0, 0.05) is 24.4 Å². The molecule has 86 valence electrons. The van der Waals surface area contributed by atoms with Crippen molar-refractivity contribution in [2.45, 2.75) is 51.6 Å². The molecule has 0 fully saturated rings. The lowest BCUT2D eigenvalue weighted by molar-refractivity contribution is 0.261. The maximum atomic E-state index is 8.93. The quantitative estimate of drug-likeness (QED) is 0.624. The minimum absolute atomic E-state index is 0.292. The Morgan fingerprint density at radius 1 is 1.21 bits per heavy atom. The van der Waals surface area contributed by atoms with Gasteiger partial charge in [0.2, 0.25) is 0 Å². The average molecular weight is 219 g/mol. The van der Waals surface area contributed by atoms with Crippen LogP contribution in [0.3, 0.4) is 0 Å². The maximum Gasteiger partial charge on any atom is 0.0446 e. The first-order valence-corrected chi connectivity index (χ1v) is 7.03. The molecule has 0 radical (unpaired) electrons. The van der Waals surface area contributed by atoms with Crippen LogP contribution in [0.5, 0.6) is 0 Å². The molecule has 0 saturated heterocycles. The lowest BCUT2D eigenvalue weighted by atomic mass is 10.1. The fourth-order valence-corrected chi connectivity index (χ4v) is 2.32. The lowest BCUT2D eigenvalue weighted by Gasteiger charge is -2.23. The standard InChI is InChI=1S/C11H25NOS/c1-4-6-10(5-2)12-11(7-8-13)9-14-3/h10-13H,4-9H2,1-3H3. The van der Waals surface area contributed by atoms with Crippen LogP contribution in [-0.2, 0) is 0 Å². The summed E-state index contributed by atoms with van der Waals surface area (Å²) in [6, 6.07) is 1.11. The van der Waals surface area contributed by atoms with E-state index in [1.54, 1.807) is 0 Å². The van der Waals surface area contributed by atoms with E-state index < -0.39 is 0 Å². The summed E-state index contributed by atoms with van der Waals surface area (Å²) in [5.74, 6) is 1.10. The molecule has 2 atom stereocenters. The second kappa shape index (κ2) is 9.81. The number of aliphatic hydroxyl groups is 1. The Morgan fingerprint density at radius 2 is 1.93 bits per heavy atom. The van der Waals surface area contributed by atoms with Gasteiger partial charge in [-0.25, -0.2) is 0 Å². The van der Waals surface area contributed by atoms with Gasteiger partial charge in [0.1, 0.15) is 0 Å². The molecule has 3 heteroatoms. The highest BCUT2D eigenvalue weighted by molar-refractivity contribution is 7.98. The number of aliphatic hydroxyl groups excluding tert-OH is 1. The van der Waals surface area contributed by atoms with Gasteiger partial charge in [0.25, 0.3) is 0 Å². The van der Waals surface area contributed by atoms with Gasteiger partial charge < -0.3 is 10.4 Å². The molecule has 0 aliphatic heterocycles. The van der Waals surface area contributed by atoms with Crippen molar-refractivity contribution in [1.82, 2.24) is 5.32 Å². The average Bonchev–Trinajstić information content (AvgIpc) is 2.18. The molecule has 2 nitrogen and oxygen atoms in total. The van der Waals surface area contributed by atoms with Crippen LogP contribution in [0, 0.1) is 0 Å². The van der Waals surface area contributed by atoms with Gasteiger partial charge in [-0.1, -0.05) is 20.3 Å². The lowest BCUT2D eigenvalue weighted by Crippen LogP contribution is -2.40. The highest BCUT2D eigenvalue weighted by Crippen LogP contribution is 2.07. The van der Waals surface area contributed by atoms with Gasteiger partial charge in [-0.2, -0.15) is 11.8 Å². The van der Waals surface area contributed by atoms with Crippen LogP contribution in [0.15, 0.2) is 0 Å². The molecule has 0 bridgehead atoms. The van der Waals surface area contributed by atoms with Crippen molar-refractivity contribution in [3.05, 3.63) is 0 Å². The molecule has 0 spiro atoms. The second-order valence-corrected chi connectivity index (χ2v) is 4.64. The van der Waals surface area contributed by atoms with E-state index in [0.29, 0.717) is 18.7 Å². The number of rotatable bonds is 9. The molecule has 0 heterocycles. The summed E-state index contributed by atoms with van der Waals surface area (Å²) in [6.07, 6.45) is 6.65. The molecule has 0 rings (SSSR count). The summed E-state index contributed by atoms with van der Waals surface area (Å²) in [6.45, 7) is 4.74. The molecule has 0 aromatic heterocycles. The first kappa shape index (κ1) is 14.3. The highest BCUT2D eigenvalue weighted by atomic mass is 32.2. The monoisotopic (exact) mass is 219 g/mol. The maximum absolute atomic E-state index is 8.93. The second-order valence-electron chi connectivity index (χ2n) is 3.73. The Bertz CT molecular complexity index is 116. The zero-order valence-electron chi connectivity index (χ0n) is 9.75. The van der Waals surface area contributed by atoms with Gasteiger partial charge in [-0.05, 0) is 25.5 Å². The zero-order chi connectivity index (χ0) is 10.8. The Hall–Kier alpha value is 0.270. The molecule has 0 aliphatic rings. The molecule has 0 aromatic carbocycles. The van der Waals surface area contributed by atoms with Crippen molar-refractivity contribution in [2.24, 2.45) is 0 Å². The van der Waals surface area contributed by atoms with Crippen LogP contribution >= 0.6 is 11.8 Å². The van der Waals surface area contributed by atoms with E-state index in [2.05, 4.69) is 25.4 Å². The Labute approximate surface area is 92.9 Å². The minimum Gasteiger partial charge on any atom is -0.396 e. The largest absolute Gasteiger partial charge is 0.396 e. The van der Waals surface area contributed by atoms with Gasteiger partial charge in [0.05, 0.1) is 0 Å². The number of hydrogen-bond donors (Lipinski definition) is 2. The summed E-state index contributed by atoms with van der Waals surface area (Å²) >= 11 is 1.85. The molecule has 0 aliphatic carbocycles. The van der Waals surface area contributed by atoms with E-state index in [4.69, 9.17) is 5.11 Å². The smallest absolute Gasteiger partial charge is 0.0446 e. The van der Waals surface area contributed by atoms with Crippen molar-refractivity contribution >= 4 is 11.8 Å². The Morgan fingerprint density at radius 3 is 2.36 bits per heavy atom. The van der Waals surface area contributed by atoms with Crippen molar-refractivity contribution in [3.8, 4) is 0 Å². The van der Waals surface area contributed by atoms with Crippen LogP contribution < -0.4 is 5.32 Å². The molecule has 0 amide bonds. The van der Waals surface area contributed by atoms with E-state index in [-0.39, 0.29) is 0 Å². The van der Waals surface area contributed by atoms with E-state index in [0.717, 1.165) is 12.2 Å². The summed E-state index contributed by atoms with van der Waals surface area (Å²) in [5, 5.41) is 12.6. The van der Waals surface area contributed by atoms with Crippen molar-refractivity contribution < 1.29 is 5.11 Å². The number of hydrogen-bond acceptors (Lipinski definition) is 3. The van der Waals surface area contributed by atoms with Crippen LogP contribution in [0.2, 0.25) is 0 Å². The number of nitrogens with one attached hydrogen (secondary N) is 1. The highest BCUT2D eigenvalue weighted by Gasteiger charge is 2.12. The Balaban J connectivity index is 3.83. The van der Waals surface area contributed by atoms with Crippen molar-refractivity contribution in [3.63, 3.8) is 0 Å². The molecule has 0 aromatic rings. The van der Waals surface area contributed by atoms with Gasteiger partial charge >= 0.3 is 0 Å². The van der Waals surface area contributed by atoms with Gasteiger partial charge in [0.15, 0.2) is 0 Å². The normalized spacial score (nSPS) is 15.4. The SMILES string of the molecule is CCCC(CC)NC(CCO)CSC. The fraction of sp³-hybridized carbons (Fsp3) is 1.00. The molecule has 0 saturated carbocycles. The first-order chi connectivity index (χ1) is 6.78. The van der Waals surface area contributed by atoms with Gasteiger partial charge in [-0.15, -0.1) is 0 Å².